The highest BCUT2D eigenvalue weighted by Crippen LogP contribution is 2.15. The highest BCUT2D eigenvalue weighted by atomic mass is 19.1. The highest BCUT2D eigenvalue weighted by Gasteiger charge is 2.10. The molecule has 0 saturated heterocycles. The van der Waals surface area contributed by atoms with Crippen molar-refractivity contribution in [1.29, 1.82) is 0 Å². The summed E-state index contributed by atoms with van der Waals surface area (Å²) < 4.78 is 13.7. The van der Waals surface area contributed by atoms with E-state index in [1.807, 2.05) is 6.92 Å². The van der Waals surface area contributed by atoms with Gasteiger partial charge in [-0.25, -0.2) is 4.39 Å². The summed E-state index contributed by atoms with van der Waals surface area (Å²) in [5.41, 5.74) is 0.320. The first-order valence-corrected chi connectivity index (χ1v) is 7.49. The highest BCUT2D eigenvalue weighted by molar-refractivity contribution is 5.91. The van der Waals surface area contributed by atoms with Crippen LogP contribution in [-0.4, -0.2) is 29.4 Å². The van der Waals surface area contributed by atoms with Crippen LogP contribution in [0.15, 0.2) is 18.2 Å². The fourth-order valence-electron chi connectivity index (χ4n) is 1.92. The maximum Gasteiger partial charge on any atom is 0.307 e. The zero-order valence-electron chi connectivity index (χ0n) is 13.0. The van der Waals surface area contributed by atoms with Crippen LogP contribution in [-0.2, 0) is 20.8 Å². The predicted octanol–water partition coefficient (Wildman–Crippen LogP) is 2.09. The number of benzene rings is 1. The van der Waals surface area contributed by atoms with Crippen molar-refractivity contribution in [3.63, 3.8) is 0 Å². The van der Waals surface area contributed by atoms with E-state index in [1.165, 1.54) is 12.1 Å². The van der Waals surface area contributed by atoms with Crippen molar-refractivity contribution in [1.82, 2.24) is 5.32 Å². The second-order valence-corrected chi connectivity index (χ2v) is 5.13. The number of carbonyl (C=O) groups excluding carboxylic acids is 2. The van der Waals surface area contributed by atoms with Gasteiger partial charge in [0.25, 0.3) is 0 Å². The number of carbonyl (C=O) groups is 3. The molecule has 0 bridgehead atoms. The number of rotatable bonds is 9. The van der Waals surface area contributed by atoms with Crippen molar-refractivity contribution in [2.24, 2.45) is 0 Å². The Labute approximate surface area is 134 Å². The van der Waals surface area contributed by atoms with Crippen LogP contribution in [0, 0.1) is 5.82 Å². The van der Waals surface area contributed by atoms with E-state index in [-0.39, 0.29) is 35.9 Å². The number of hydrogen-bond acceptors (Lipinski definition) is 3. The molecule has 7 heteroatoms. The van der Waals surface area contributed by atoms with Gasteiger partial charge in [0.15, 0.2) is 0 Å². The van der Waals surface area contributed by atoms with Crippen LogP contribution < -0.4 is 10.6 Å². The lowest BCUT2D eigenvalue weighted by atomic mass is 10.1. The van der Waals surface area contributed by atoms with E-state index in [0.29, 0.717) is 13.0 Å². The van der Waals surface area contributed by atoms with E-state index < -0.39 is 18.2 Å². The van der Waals surface area contributed by atoms with Crippen molar-refractivity contribution in [2.45, 2.75) is 39.0 Å². The number of carboxylic acid groups (broad SMARTS) is 1. The van der Waals surface area contributed by atoms with Crippen LogP contribution in [0.5, 0.6) is 0 Å². The number of nitrogens with one attached hydrogen (secondary N) is 2. The van der Waals surface area contributed by atoms with E-state index in [9.17, 15) is 18.8 Å². The van der Waals surface area contributed by atoms with E-state index in [4.69, 9.17) is 5.11 Å². The SMILES string of the molecule is CCCNC(=O)CCCC(=O)Nc1ccc(CC(=O)O)c(F)c1. The molecule has 0 aliphatic heterocycles. The normalized spacial score (nSPS) is 10.2. The van der Waals surface area contributed by atoms with E-state index in [1.54, 1.807) is 0 Å². The van der Waals surface area contributed by atoms with Gasteiger partial charge in [0.1, 0.15) is 5.82 Å². The molecule has 2 amide bonds. The third kappa shape index (κ3) is 7.39. The zero-order chi connectivity index (χ0) is 17.2. The molecule has 0 saturated carbocycles. The van der Waals surface area contributed by atoms with Gasteiger partial charge in [-0.15, -0.1) is 0 Å². The number of carboxylic acids is 1. The van der Waals surface area contributed by atoms with Crippen LogP contribution in [0.4, 0.5) is 10.1 Å². The summed E-state index contributed by atoms with van der Waals surface area (Å²) in [6.07, 6.45) is 1.26. The van der Waals surface area contributed by atoms with Crippen molar-refractivity contribution < 1.29 is 23.9 Å². The first-order valence-electron chi connectivity index (χ1n) is 7.49. The maximum atomic E-state index is 13.7. The predicted molar refractivity (Wildman–Crippen MR) is 83.5 cm³/mol. The molecule has 6 nitrogen and oxygen atoms in total. The van der Waals surface area contributed by atoms with Crippen molar-refractivity contribution in [3.8, 4) is 0 Å². The van der Waals surface area contributed by atoms with Crippen LogP contribution in [0.2, 0.25) is 0 Å². The van der Waals surface area contributed by atoms with Crippen molar-refractivity contribution in [2.75, 3.05) is 11.9 Å². The summed E-state index contributed by atoms with van der Waals surface area (Å²) >= 11 is 0. The molecule has 126 valence electrons. The molecule has 0 radical (unpaired) electrons. The molecule has 1 aromatic rings. The first kappa shape index (κ1) is 18.6. The standard InChI is InChI=1S/C16H21FN2O4/c1-2-8-18-14(20)4-3-5-15(21)19-12-7-6-11(9-16(22)23)13(17)10-12/h6-7,10H,2-5,8-9H2,1H3,(H,18,20)(H,19,21)(H,22,23). The fraction of sp³-hybridized carbons (Fsp3) is 0.438. The Hall–Kier alpha value is -2.44. The summed E-state index contributed by atoms with van der Waals surface area (Å²) in [5, 5.41) is 13.9. The molecule has 0 spiro atoms. The Morgan fingerprint density at radius 3 is 2.48 bits per heavy atom. The van der Waals surface area contributed by atoms with Gasteiger partial charge in [-0.2, -0.15) is 0 Å². The van der Waals surface area contributed by atoms with Crippen molar-refractivity contribution >= 4 is 23.5 Å². The van der Waals surface area contributed by atoms with E-state index >= 15 is 0 Å². The lowest BCUT2D eigenvalue weighted by Crippen LogP contribution is -2.24. The van der Waals surface area contributed by atoms with Crippen LogP contribution >= 0.6 is 0 Å². The molecular weight excluding hydrogens is 303 g/mol. The molecule has 0 aliphatic rings. The topological polar surface area (TPSA) is 95.5 Å². The number of amides is 2. The second-order valence-electron chi connectivity index (χ2n) is 5.13. The summed E-state index contributed by atoms with van der Waals surface area (Å²) in [6, 6.07) is 3.87. The van der Waals surface area contributed by atoms with Gasteiger partial charge in [0, 0.05) is 25.1 Å². The van der Waals surface area contributed by atoms with Crippen LogP contribution in [0.3, 0.4) is 0 Å². The summed E-state index contributed by atoms with van der Waals surface area (Å²) in [5.74, 6) is -2.21. The minimum absolute atomic E-state index is 0.0584. The minimum Gasteiger partial charge on any atom is -0.481 e. The summed E-state index contributed by atoms with van der Waals surface area (Å²) in [4.78, 5) is 33.6. The first-order chi connectivity index (χ1) is 10.9. The lowest BCUT2D eigenvalue weighted by molar-refractivity contribution is -0.136. The Kier molecular flexibility index (Phi) is 7.73. The number of hydrogen-bond donors (Lipinski definition) is 3. The lowest BCUT2D eigenvalue weighted by Gasteiger charge is -2.07. The molecule has 23 heavy (non-hydrogen) atoms. The molecule has 0 atom stereocenters. The minimum atomic E-state index is -1.12. The fourth-order valence-corrected chi connectivity index (χ4v) is 1.92. The zero-order valence-corrected chi connectivity index (χ0v) is 13.0. The Morgan fingerprint density at radius 2 is 1.87 bits per heavy atom. The van der Waals surface area contributed by atoms with Gasteiger partial charge in [0.2, 0.25) is 11.8 Å². The number of halogens is 1. The van der Waals surface area contributed by atoms with E-state index in [2.05, 4.69) is 10.6 Å². The molecule has 0 unspecified atom stereocenters. The number of anilines is 1. The van der Waals surface area contributed by atoms with Gasteiger partial charge < -0.3 is 15.7 Å². The molecule has 1 aromatic carbocycles. The molecule has 0 aromatic heterocycles. The molecule has 1 rings (SSSR count). The largest absolute Gasteiger partial charge is 0.481 e. The van der Waals surface area contributed by atoms with Crippen LogP contribution in [0.25, 0.3) is 0 Å². The third-order valence-electron chi connectivity index (χ3n) is 3.06. The van der Waals surface area contributed by atoms with E-state index in [0.717, 1.165) is 12.5 Å². The third-order valence-corrected chi connectivity index (χ3v) is 3.06. The Morgan fingerprint density at radius 1 is 1.17 bits per heavy atom. The smallest absolute Gasteiger partial charge is 0.307 e. The Balaban J connectivity index is 2.41. The summed E-state index contributed by atoms with van der Waals surface area (Å²) in [6.45, 7) is 2.57. The monoisotopic (exact) mass is 324 g/mol. The average molecular weight is 324 g/mol. The van der Waals surface area contributed by atoms with Crippen molar-refractivity contribution in [3.05, 3.63) is 29.6 Å². The summed E-state index contributed by atoms with van der Waals surface area (Å²) in [7, 11) is 0. The van der Waals surface area contributed by atoms with Gasteiger partial charge >= 0.3 is 5.97 Å². The second kappa shape index (κ2) is 9.55. The quantitative estimate of drug-likeness (QED) is 0.648. The maximum absolute atomic E-state index is 13.7. The van der Waals surface area contributed by atoms with Crippen LogP contribution in [0.1, 0.15) is 38.2 Å². The molecular formula is C16H21FN2O4. The van der Waals surface area contributed by atoms with Gasteiger partial charge in [-0.3, -0.25) is 14.4 Å². The molecule has 3 N–H and O–H groups in total. The molecule has 0 aliphatic carbocycles. The van der Waals surface area contributed by atoms with Gasteiger partial charge in [-0.1, -0.05) is 13.0 Å². The Bertz CT molecular complexity index is 575. The van der Waals surface area contributed by atoms with Gasteiger partial charge in [0.05, 0.1) is 6.42 Å². The molecule has 0 heterocycles. The van der Waals surface area contributed by atoms with Gasteiger partial charge in [-0.05, 0) is 30.5 Å². The average Bonchev–Trinajstić information content (AvgIpc) is 2.47. The molecule has 0 fully saturated rings. The number of aliphatic carboxylic acids is 1.